The summed E-state index contributed by atoms with van der Waals surface area (Å²) in [5.74, 6) is -0.0986. The second kappa shape index (κ2) is 8.81. The fourth-order valence-corrected chi connectivity index (χ4v) is 4.94. The van der Waals surface area contributed by atoms with Crippen LogP contribution in [0.2, 0.25) is 0 Å². The number of hydrogen-bond donors (Lipinski definition) is 2. The number of furan rings is 1. The Balaban J connectivity index is 1.70. The molecule has 0 unspecified atom stereocenters. The summed E-state index contributed by atoms with van der Waals surface area (Å²) in [6, 6.07) is 21.2. The lowest BCUT2D eigenvalue weighted by Crippen LogP contribution is -2.18. The zero-order chi connectivity index (χ0) is 23.6. The van der Waals surface area contributed by atoms with Crippen LogP contribution in [-0.2, 0) is 19.9 Å². The van der Waals surface area contributed by atoms with Crippen LogP contribution in [0.25, 0.3) is 11.0 Å². The molecule has 1 heterocycles. The maximum atomic E-state index is 13.1. The van der Waals surface area contributed by atoms with E-state index >= 15 is 0 Å². The van der Waals surface area contributed by atoms with Crippen LogP contribution in [0.15, 0.2) is 98.2 Å². The number of benzene rings is 3. The van der Waals surface area contributed by atoms with Crippen LogP contribution >= 0.6 is 0 Å². The highest BCUT2D eigenvalue weighted by Crippen LogP contribution is 2.22. The quantitative estimate of drug-likeness (QED) is 0.304. The summed E-state index contributed by atoms with van der Waals surface area (Å²) in [5.41, 5.74) is 4.95. The van der Waals surface area contributed by atoms with Crippen LogP contribution in [0.5, 0.6) is 0 Å². The molecule has 10 heteroatoms. The van der Waals surface area contributed by atoms with Crippen molar-refractivity contribution in [2.75, 3.05) is 11.2 Å². The van der Waals surface area contributed by atoms with E-state index in [0.717, 1.165) is 10.9 Å². The highest BCUT2D eigenvalue weighted by atomic mass is 32.2. The van der Waals surface area contributed by atoms with Crippen LogP contribution in [0.1, 0.15) is 11.3 Å². The average molecular weight is 484 g/mol. The molecule has 4 rings (SSSR count). The van der Waals surface area contributed by atoms with E-state index in [9.17, 15) is 16.8 Å². The lowest BCUT2D eigenvalue weighted by atomic mass is 10.2. The number of hydrogen-bond acceptors (Lipinski definition) is 7. The minimum Gasteiger partial charge on any atom is -0.455 e. The van der Waals surface area contributed by atoms with E-state index < -0.39 is 25.6 Å². The molecule has 0 aliphatic rings. The summed E-state index contributed by atoms with van der Waals surface area (Å²) >= 11 is 0. The molecule has 3 N–H and O–H groups in total. The Morgan fingerprint density at radius 1 is 0.909 bits per heavy atom. The van der Waals surface area contributed by atoms with Gasteiger partial charge in [-0.15, -0.1) is 0 Å². The van der Waals surface area contributed by atoms with E-state index in [1.54, 1.807) is 36.4 Å². The third-order valence-electron chi connectivity index (χ3n) is 4.92. The van der Waals surface area contributed by atoms with Crippen LogP contribution in [0.4, 0.5) is 5.69 Å². The van der Waals surface area contributed by atoms with E-state index in [-0.39, 0.29) is 15.5 Å². The lowest BCUT2D eigenvalue weighted by Gasteiger charge is -2.08. The molecule has 0 amide bonds. The van der Waals surface area contributed by atoms with Gasteiger partial charge in [-0.3, -0.25) is 5.43 Å². The molecular weight excluding hydrogens is 462 g/mol. The first-order valence-electron chi connectivity index (χ1n) is 9.86. The summed E-state index contributed by atoms with van der Waals surface area (Å²) in [6.45, 7) is 1.88. The Hall–Kier alpha value is -3.47. The molecule has 33 heavy (non-hydrogen) atoms. The van der Waals surface area contributed by atoms with Crippen LogP contribution in [0.3, 0.4) is 0 Å². The van der Waals surface area contributed by atoms with Crippen molar-refractivity contribution in [1.29, 1.82) is 0 Å². The van der Waals surface area contributed by atoms with Crippen molar-refractivity contribution in [3.63, 3.8) is 0 Å². The van der Waals surface area contributed by atoms with Gasteiger partial charge in [-0.05, 0) is 55.5 Å². The third kappa shape index (κ3) is 5.30. The zero-order valence-electron chi connectivity index (χ0n) is 17.6. The molecule has 4 aromatic rings. The maximum absolute atomic E-state index is 13.1. The first kappa shape index (κ1) is 22.7. The van der Waals surface area contributed by atoms with E-state index in [1.165, 1.54) is 24.3 Å². The zero-order valence-corrected chi connectivity index (χ0v) is 19.2. The SMILES string of the molecule is Cc1ccc(S(=O)(=O)C/C(=N\Nc2ccc(S(N)(=O)=O)cc2)c2cc3ccccc3o2)cc1. The number of para-hydroxylation sites is 1. The van der Waals surface area contributed by atoms with Crippen molar-refractivity contribution in [3.05, 3.63) is 90.2 Å². The van der Waals surface area contributed by atoms with Gasteiger partial charge in [0.2, 0.25) is 10.0 Å². The molecule has 0 saturated heterocycles. The number of nitrogens with one attached hydrogen (secondary N) is 1. The van der Waals surface area contributed by atoms with Gasteiger partial charge in [0.25, 0.3) is 0 Å². The van der Waals surface area contributed by atoms with Crippen LogP contribution < -0.4 is 10.6 Å². The van der Waals surface area contributed by atoms with Gasteiger partial charge in [0.15, 0.2) is 15.6 Å². The summed E-state index contributed by atoms with van der Waals surface area (Å²) in [4.78, 5) is 0.130. The molecule has 0 spiro atoms. The fraction of sp³-hybridized carbons (Fsp3) is 0.0870. The molecule has 0 bridgehead atoms. The van der Waals surface area contributed by atoms with E-state index in [1.807, 2.05) is 25.1 Å². The van der Waals surface area contributed by atoms with Crippen molar-refractivity contribution in [2.24, 2.45) is 10.2 Å². The first-order valence-corrected chi connectivity index (χ1v) is 13.1. The van der Waals surface area contributed by atoms with Gasteiger partial charge in [-0.25, -0.2) is 22.0 Å². The van der Waals surface area contributed by atoms with Crippen molar-refractivity contribution in [3.8, 4) is 0 Å². The van der Waals surface area contributed by atoms with Gasteiger partial charge >= 0.3 is 0 Å². The van der Waals surface area contributed by atoms with Crippen molar-refractivity contribution in [2.45, 2.75) is 16.7 Å². The second-order valence-corrected chi connectivity index (χ2v) is 11.0. The summed E-state index contributed by atoms with van der Waals surface area (Å²) in [7, 11) is -7.54. The highest BCUT2D eigenvalue weighted by Gasteiger charge is 2.22. The number of nitrogens with zero attached hydrogens (tertiary/aromatic N) is 1. The fourth-order valence-electron chi connectivity index (χ4n) is 3.14. The largest absolute Gasteiger partial charge is 0.455 e. The standard InChI is InChI=1S/C23H21N3O5S2/c1-16-6-10-19(11-7-16)32(27,28)15-21(23-14-17-4-2-3-5-22(17)31-23)26-25-18-8-12-20(13-9-18)33(24,29)30/h2-14,25H,15H2,1H3,(H2,24,29,30)/b26-21+. The predicted molar refractivity (Wildman–Crippen MR) is 127 cm³/mol. The highest BCUT2D eigenvalue weighted by molar-refractivity contribution is 7.92. The number of sulfonamides is 1. The number of primary sulfonamides is 1. The van der Waals surface area contributed by atoms with Gasteiger partial charge in [0.05, 0.1) is 15.5 Å². The van der Waals surface area contributed by atoms with Crippen molar-refractivity contribution >= 4 is 42.2 Å². The molecule has 170 valence electrons. The second-order valence-electron chi connectivity index (χ2n) is 7.46. The predicted octanol–water partition coefficient (Wildman–Crippen LogP) is 3.68. The molecule has 0 fully saturated rings. The molecule has 0 atom stereocenters. The van der Waals surface area contributed by atoms with E-state index in [0.29, 0.717) is 17.0 Å². The summed E-state index contributed by atoms with van der Waals surface area (Å²) in [5, 5.41) is 10.2. The number of nitrogens with two attached hydrogens (primary N) is 1. The molecule has 0 radical (unpaired) electrons. The number of anilines is 1. The minimum absolute atomic E-state index is 0.0449. The normalized spacial score (nSPS) is 12.7. The maximum Gasteiger partial charge on any atom is 0.238 e. The molecule has 0 aliphatic heterocycles. The molecule has 0 saturated carbocycles. The lowest BCUT2D eigenvalue weighted by molar-refractivity contribution is 0.594. The van der Waals surface area contributed by atoms with Crippen molar-refractivity contribution < 1.29 is 21.3 Å². The van der Waals surface area contributed by atoms with E-state index in [2.05, 4.69) is 10.5 Å². The monoisotopic (exact) mass is 483 g/mol. The summed E-state index contributed by atoms with van der Waals surface area (Å²) in [6.07, 6.45) is 0. The first-order chi connectivity index (χ1) is 15.6. The molecular formula is C23H21N3O5S2. The number of rotatable bonds is 7. The topological polar surface area (TPSA) is 132 Å². The van der Waals surface area contributed by atoms with Crippen LogP contribution in [0, 0.1) is 6.92 Å². The number of hydrazone groups is 1. The molecule has 8 nitrogen and oxygen atoms in total. The van der Waals surface area contributed by atoms with Crippen LogP contribution in [-0.4, -0.2) is 28.3 Å². The Kier molecular flexibility index (Phi) is 6.07. The Labute approximate surface area is 191 Å². The summed E-state index contributed by atoms with van der Waals surface area (Å²) < 4.78 is 54.9. The molecule has 3 aromatic carbocycles. The number of aryl methyl sites for hydroxylation is 1. The third-order valence-corrected chi connectivity index (χ3v) is 7.49. The average Bonchev–Trinajstić information content (AvgIpc) is 3.21. The number of fused-ring (bicyclic) bond motifs is 1. The Morgan fingerprint density at radius 3 is 2.18 bits per heavy atom. The molecule has 1 aromatic heterocycles. The Morgan fingerprint density at radius 2 is 1.55 bits per heavy atom. The van der Waals surface area contributed by atoms with Gasteiger partial charge < -0.3 is 4.42 Å². The van der Waals surface area contributed by atoms with Gasteiger partial charge in [-0.1, -0.05) is 35.9 Å². The number of sulfone groups is 1. The van der Waals surface area contributed by atoms with Gasteiger partial charge in [0.1, 0.15) is 17.0 Å². The molecule has 0 aliphatic carbocycles. The van der Waals surface area contributed by atoms with Gasteiger partial charge in [-0.2, -0.15) is 5.10 Å². The minimum atomic E-state index is -3.82. The van der Waals surface area contributed by atoms with E-state index in [4.69, 9.17) is 9.56 Å². The Bertz CT molecular complexity index is 1500. The smallest absolute Gasteiger partial charge is 0.238 e. The van der Waals surface area contributed by atoms with Crippen molar-refractivity contribution in [1.82, 2.24) is 0 Å². The van der Waals surface area contributed by atoms with Gasteiger partial charge in [0, 0.05) is 5.39 Å².